The van der Waals surface area contributed by atoms with Crippen molar-refractivity contribution in [2.75, 3.05) is 19.7 Å². The monoisotopic (exact) mass is 486 g/mol. The van der Waals surface area contributed by atoms with Crippen molar-refractivity contribution < 1.29 is 4.74 Å². The van der Waals surface area contributed by atoms with Crippen LogP contribution in [0.5, 0.6) is 0 Å². The van der Waals surface area contributed by atoms with Crippen molar-refractivity contribution in [1.82, 2.24) is 15.6 Å². The van der Waals surface area contributed by atoms with Crippen LogP contribution < -0.4 is 10.6 Å². The van der Waals surface area contributed by atoms with E-state index in [0.29, 0.717) is 12.5 Å². The van der Waals surface area contributed by atoms with Gasteiger partial charge in [0.15, 0.2) is 5.96 Å². The lowest BCUT2D eigenvalue weighted by molar-refractivity contribution is 0.0915. The third kappa shape index (κ3) is 5.92. The quantitative estimate of drug-likeness (QED) is 0.370. The Kier molecular flexibility index (Phi) is 8.80. The molecule has 2 atom stereocenters. The molecule has 1 fully saturated rings. The molecule has 1 aliphatic heterocycles. The molecule has 1 aliphatic rings. The Morgan fingerprint density at radius 2 is 2.12 bits per heavy atom. The molecular formula is C19H27IN4OS. The molecule has 0 saturated carbocycles. The SMILES string of the molecule is CCNC(=NCc1ncc(C)s1)NCC1CCOC1c1ccccc1.I. The van der Waals surface area contributed by atoms with E-state index in [1.807, 2.05) is 12.3 Å². The molecule has 142 valence electrons. The van der Waals surface area contributed by atoms with Gasteiger partial charge in [-0.1, -0.05) is 30.3 Å². The third-order valence-corrected chi connectivity index (χ3v) is 5.16. The second-order valence-electron chi connectivity index (χ2n) is 6.19. The van der Waals surface area contributed by atoms with E-state index in [1.54, 1.807) is 11.3 Å². The maximum absolute atomic E-state index is 5.97. The highest BCUT2D eigenvalue weighted by Crippen LogP contribution is 2.33. The number of aliphatic imine (C=N–C) groups is 1. The van der Waals surface area contributed by atoms with E-state index >= 15 is 0 Å². The summed E-state index contributed by atoms with van der Waals surface area (Å²) < 4.78 is 5.97. The van der Waals surface area contributed by atoms with E-state index < -0.39 is 0 Å². The average molecular weight is 486 g/mol. The van der Waals surface area contributed by atoms with Gasteiger partial charge in [-0.25, -0.2) is 9.98 Å². The summed E-state index contributed by atoms with van der Waals surface area (Å²) >= 11 is 1.70. The highest BCUT2D eigenvalue weighted by atomic mass is 127. The topological polar surface area (TPSA) is 58.5 Å². The summed E-state index contributed by atoms with van der Waals surface area (Å²) in [4.78, 5) is 10.2. The van der Waals surface area contributed by atoms with Gasteiger partial charge in [-0.2, -0.15) is 0 Å². The largest absolute Gasteiger partial charge is 0.373 e. The predicted octanol–water partition coefficient (Wildman–Crippen LogP) is 3.90. The summed E-state index contributed by atoms with van der Waals surface area (Å²) in [6.45, 7) is 7.26. The van der Waals surface area contributed by atoms with Crippen molar-refractivity contribution in [1.29, 1.82) is 0 Å². The van der Waals surface area contributed by atoms with Crippen LogP contribution in [-0.2, 0) is 11.3 Å². The lowest BCUT2D eigenvalue weighted by Gasteiger charge is -2.20. The summed E-state index contributed by atoms with van der Waals surface area (Å²) in [6, 6.07) is 10.5. The summed E-state index contributed by atoms with van der Waals surface area (Å²) in [5.74, 6) is 1.29. The van der Waals surface area contributed by atoms with Crippen molar-refractivity contribution in [2.24, 2.45) is 10.9 Å². The van der Waals surface area contributed by atoms with Gasteiger partial charge in [0.2, 0.25) is 0 Å². The van der Waals surface area contributed by atoms with Crippen LogP contribution >= 0.6 is 35.3 Å². The molecule has 0 bridgehead atoms. The molecule has 0 spiro atoms. The number of hydrogen-bond donors (Lipinski definition) is 2. The van der Waals surface area contributed by atoms with Gasteiger partial charge < -0.3 is 15.4 Å². The number of hydrogen-bond acceptors (Lipinski definition) is 4. The molecule has 2 heterocycles. The molecule has 0 radical (unpaired) electrons. The van der Waals surface area contributed by atoms with Crippen molar-refractivity contribution in [3.63, 3.8) is 0 Å². The Bertz CT molecular complexity index is 692. The van der Waals surface area contributed by atoms with Crippen molar-refractivity contribution in [2.45, 2.75) is 32.9 Å². The van der Waals surface area contributed by atoms with E-state index in [9.17, 15) is 0 Å². The summed E-state index contributed by atoms with van der Waals surface area (Å²) in [5, 5.41) is 7.83. The maximum atomic E-state index is 5.97. The van der Waals surface area contributed by atoms with Crippen LogP contribution in [0.4, 0.5) is 0 Å². The van der Waals surface area contributed by atoms with E-state index in [1.165, 1.54) is 10.4 Å². The van der Waals surface area contributed by atoms with Crippen molar-refractivity contribution in [3.8, 4) is 0 Å². The standard InChI is InChI=1S/C19H26N4OS.HI/c1-3-20-19(23-13-17-21-11-14(2)25-17)22-12-16-9-10-24-18(16)15-7-5-4-6-8-15;/h4-8,11,16,18H,3,9-10,12-13H2,1-2H3,(H2,20,22,23);1H. The first-order chi connectivity index (χ1) is 12.3. The van der Waals surface area contributed by atoms with Crippen LogP contribution in [0.25, 0.3) is 0 Å². The Balaban J connectivity index is 0.00000243. The highest BCUT2D eigenvalue weighted by Gasteiger charge is 2.29. The fourth-order valence-electron chi connectivity index (χ4n) is 3.04. The van der Waals surface area contributed by atoms with Crippen LogP contribution in [0.3, 0.4) is 0 Å². The summed E-state index contributed by atoms with van der Waals surface area (Å²) in [7, 11) is 0. The van der Waals surface area contributed by atoms with Gasteiger partial charge in [-0.3, -0.25) is 0 Å². The summed E-state index contributed by atoms with van der Waals surface area (Å²) in [6.07, 6.45) is 3.13. The Morgan fingerprint density at radius 3 is 2.81 bits per heavy atom. The highest BCUT2D eigenvalue weighted by molar-refractivity contribution is 14.0. The average Bonchev–Trinajstić information content (AvgIpc) is 3.27. The number of guanidine groups is 1. The van der Waals surface area contributed by atoms with Crippen LogP contribution in [0, 0.1) is 12.8 Å². The van der Waals surface area contributed by atoms with Crippen LogP contribution in [0.2, 0.25) is 0 Å². The smallest absolute Gasteiger partial charge is 0.191 e. The van der Waals surface area contributed by atoms with Crippen LogP contribution in [-0.4, -0.2) is 30.6 Å². The number of rotatable bonds is 6. The first-order valence-electron chi connectivity index (χ1n) is 8.86. The van der Waals surface area contributed by atoms with Crippen LogP contribution in [0.1, 0.15) is 34.9 Å². The zero-order valence-corrected chi connectivity index (χ0v) is 18.4. The third-order valence-electron chi connectivity index (χ3n) is 4.26. The zero-order valence-electron chi connectivity index (χ0n) is 15.3. The van der Waals surface area contributed by atoms with E-state index in [-0.39, 0.29) is 30.1 Å². The number of nitrogens with zero attached hydrogens (tertiary/aromatic N) is 2. The number of benzene rings is 1. The number of aromatic nitrogens is 1. The molecule has 7 heteroatoms. The fraction of sp³-hybridized carbons (Fsp3) is 0.474. The molecular weight excluding hydrogens is 459 g/mol. The van der Waals surface area contributed by atoms with Crippen LogP contribution in [0.15, 0.2) is 41.5 Å². The van der Waals surface area contributed by atoms with Crippen molar-refractivity contribution >= 4 is 41.3 Å². The number of ether oxygens (including phenoxy) is 1. The van der Waals surface area contributed by atoms with E-state index in [4.69, 9.17) is 4.74 Å². The van der Waals surface area contributed by atoms with Gasteiger partial charge in [0, 0.05) is 36.7 Å². The van der Waals surface area contributed by atoms with E-state index in [0.717, 1.165) is 37.1 Å². The van der Waals surface area contributed by atoms with E-state index in [2.05, 4.69) is 58.7 Å². The molecule has 0 aliphatic carbocycles. The Labute approximate surface area is 176 Å². The number of nitrogens with one attached hydrogen (secondary N) is 2. The number of aryl methyl sites for hydroxylation is 1. The first-order valence-corrected chi connectivity index (χ1v) is 9.68. The molecule has 1 aromatic heterocycles. The number of thiazole rings is 1. The lowest BCUT2D eigenvalue weighted by atomic mass is 9.95. The molecule has 0 amide bonds. The van der Waals surface area contributed by atoms with Crippen molar-refractivity contribution in [3.05, 3.63) is 52.0 Å². The minimum absolute atomic E-state index is 0. The van der Waals surface area contributed by atoms with Gasteiger partial charge >= 0.3 is 0 Å². The zero-order chi connectivity index (χ0) is 17.5. The minimum atomic E-state index is 0. The molecule has 1 saturated heterocycles. The normalized spacial score (nSPS) is 19.8. The van der Waals surface area contributed by atoms with Gasteiger partial charge in [0.1, 0.15) is 5.01 Å². The van der Waals surface area contributed by atoms with Gasteiger partial charge in [-0.05, 0) is 25.8 Å². The second kappa shape index (κ2) is 10.8. The number of halogens is 1. The maximum Gasteiger partial charge on any atom is 0.191 e. The molecule has 1 aromatic carbocycles. The second-order valence-corrected chi connectivity index (χ2v) is 7.51. The Morgan fingerprint density at radius 1 is 1.31 bits per heavy atom. The molecule has 2 N–H and O–H groups in total. The minimum Gasteiger partial charge on any atom is -0.373 e. The van der Waals surface area contributed by atoms with Gasteiger partial charge in [-0.15, -0.1) is 35.3 Å². The van der Waals surface area contributed by atoms with Gasteiger partial charge in [0.05, 0.1) is 12.6 Å². The molecule has 2 unspecified atom stereocenters. The molecule has 2 aromatic rings. The Hall–Kier alpha value is -1.19. The summed E-state index contributed by atoms with van der Waals surface area (Å²) in [5.41, 5.74) is 1.26. The first kappa shape index (κ1) is 21.1. The molecule has 3 rings (SSSR count). The molecule has 5 nitrogen and oxygen atoms in total. The lowest BCUT2D eigenvalue weighted by Crippen LogP contribution is -2.40. The fourth-order valence-corrected chi connectivity index (χ4v) is 3.76. The van der Waals surface area contributed by atoms with Gasteiger partial charge in [0.25, 0.3) is 0 Å². The molecule has 26 heavy (non-hydrogen) atoms. The predicted molar refractivity (Wildman–Crippen MR) is 118 cm³/mol.